The zero-order valence-electron chi connectivity index (χ0n) is 12.4. The highest BCUT2D eigenvalue weighted by Crippen LogP contribution is 2.31. The van der Waals surface area contributed by atoms with Crippen molar-refractivity contribution in [3.05, 3.63) is 42.0 Å². The highest BCUT2D eigenvalue weighted by atomic mass is 16.6. The molecule has 2 heterocycles. The van der Waals surface area contributed by atoms with Gasteiger partial charge in [0, 0.05) is 19.2 Å². The first-order chi connectivity index (χ1) is 10.8. The first-order valence-corrected chi connectivity index (χ1v) is 7.44. The molecule has 116 valence electrons. The van der Waals surface area contributed by atoms with Crippen molar-refractivity contribution in [2.45, 2.75) is 0 Å². The molecule has 0 N–H and O–H groups in total. The number of morpholine rings is 1. The molecule has 1 amide bonds. The zero-order chi connectivity index (χ0) is 15.2. The maximum absolute atomic E-state index is 11.9. The monoisotopic (exact) mass is 301 g/mol. The fraction of sp³-hybridized carbons (Fsp3) is 0.353. The molecule has 0 spiro atoms. The molecule has 0 bridgehead atoms. The van der Waals surface area contributed by atoms with E-state index in [1.54, 1.807) is 17.1 Å². The van der Waals surface area contributed by atoms with Crippen LogP contribution in [0.4, 0.5) is 0 Å². The SMILES string of the molecule is O=C(C=CC=Cc1ccc2c(c1)OCCO2)N1CCOCC1. The Morgan fingerprint density at radius 3 is 2.59 bits per heavy atom. The van der Waals surface area contributed by atoms with Crippen LogP contribution in [-0.2, 0) is 9.53 Å². The lowest BCUT2D eigenvalue weighted by Crippen LogP contribution is -2.39. The second-order valence-corrected chi connectivity index (χ2v) is 5.06. The van der Waals surface area contributed by atoms with Crippen LogP contribution in [0, 0.1) is 0 Å². The van der Waals surface area contributed by atoms with Crippen molar-refractivity contribution in [1.29, 1.82) is 0 Å². The molecule has 22 heavy (non-hydrogen) atoms. The molecule has 3 rings (SSSR count). The summed E-state index contributed by atoms with van der Waals surface area (Å²) in [5.74, 6) is 1.57. The minimum absolute atomic E-state index is 0.0233. The largest absolute Gasteiger partial charge is 0.486 e. The number of benzene rings is 1. The summed E-state index contributed by atoms with van der Waals surface area (Å²) in [6, 6.07) is 5.79. The number of hydrogen-bond acceptors (Lipinski definition) is 4. The smallest absolute Gasteiger partial charge is 0.246 e. The van der Waals surface area contributed by atoms with E-state index in [4.69, 9.17) is 14.2 Å². The third kappa shape index (κ3) is 3.68. The molecule has 1 saturated heterocycles. The van der Waals surface area contributed by atoms with Crippen molar-refractivity contribution in [3.8, 4) is 11.5 Å². The number of ether oxygens (including phenoxy) is 3. The lowest BCUT2D eigenvalue weighted by molar-refractivity contribution is -0.129. The highest BCUT2D eigenvalue weighted by Gasteiger charge is 2.13. The Bertz CT molecular complexity index is 588. The third-order valence-electron chi connectivity index (χ3n) is 3.53. The zero-order valence-corrected chi connectivity index (χ0v) is 12.4. The molecule has 0 aromatic heterocycles. The quantitative estimate of drug-likeness (QED) is 0.632. The normalized spacial score (nSPS) is 18.1. The molecule has 5 nitrogen and oxygen atoms in total. The number of fused-ring (bicyclic) bond motifs is 1. The van der Waals surface area contributed by atoms with E-state index in [2.05, 4.69) is 0 Å². The van der Waals surface area contributed by atoms with Crippen LogP contribution in [0.3, 0.4) is 0 Å². The van der Waals surface area contributed by atoms with Gasteiger partial charge in [-0.25, -0.2) is 0 Å². The average Bonchev–Trinajstić information content (AvgIpc) is 2.59. The van der Waals surface area contributed by atoms with E-state index in [1.165, 1.54) is 0 Å². The van der Waals surface area contributed by atoms with E-state index in [0.29, 0.717) is 39.5 Å². The number of carbonyl (C=O) groups excluding carboxylic acids is 1. The maximum Gasteiger partial charge on any atom is 0.246 e. The number of amides is 1. The lowest BCUT2D eigenvalue weighted by Gasteiger charge is -2.25. The molecule has 2 aliphatic rings. The molecule has 1 aromatic rings. The Kier molecular flexibility index (Phi) is 4.75. The first-order valence-electron chi connectivity index (χ1n) is 7.44. The van der Waals surface area contributed by atoms with Crippen LogP contribution in [-0.4, -0.2) is 50.3 Å². The number of rotatable bonds is 3. The van der Waals surface area contributed by atoms with Gasteiger partial charge in [0.05, 0.1) is 13.2 Å². The summed E-state index contributed by atoms with van der Waals surface area (Å²) in [4.78, 5) is 13.7. The maximum atomic E-state index is 11.9. The molecule has 1 fully saturated rings. The lowest BCUT2D eigenvalue weighted by atomic mass is 10.2. The van der Waals surface area contributed by atoms with Gasteiger partial charge in [0.15, 0.2) is 11.5 Å². The van der Waals surface area contributed by atoms with Crippen LogP contribution in [0.25, 0.3) is 6.08 Å². The second-order valence-electron chi connectivity index (χ2n) is 5.06. The molecule has 2 aliphatic heterocycles. The van der Waals surface area contributed by atoms with Gasteiger partial charge in [-0.05, 0) is 17.7 Å². The van der Waals surface area contributed by atoms with Crippen molar-refractivity contribution >= 4 is 12.0 Å². The van der Waals surface area contributed by atoms with Crippen molar-refractivity contribution in [2.24, 2.45) is 0 Å². The van der Waals surface area contributed by atoms with Crippen LogP contribution >= 0.6 is 0 Å². The van der Waals surface area contributed by atoms with Crippen molar-refractivity contribution < 1.29 is 19.0 Å². The van der Waals surface area contributed by atoms with Gasteiger partial charge in [-0.3, -0.25) is 4.79 Å². The van der Waals surface area contributed by atoms with Crippen LogP contribution in [0.15, 0.2) is 36.4 Å². The summed E-state index contributed by atoms with van der Waals surface area (Å²) < 4.78 is 16.2. The van der Waals surface area contributed by atoms with Crippen LogP contribution in [0.1, 0.15) is 5.56 Å². The van der Waals surface area contributed by atoms with Gasteiger partial charge in [-0.15, -0.1) is 0 Å². The van der Waals surface area contributed by atoms with Gasteiger partial charge in [0.1, 0.15) is 13.2 Å². The summed E-state index contributed by atoms with van der Waals surface area (Å²) in [7, 11) is 0. The summed E-state index contributed by atoms with van der Waals surface area (Å²) in [5, 5.41) is 0. The van der Waals surface area contributed by atoms with Gasteiger partial charge in [-0.2, -0.15) is 0 Å². The number of allylic oxidation sites excluding steroid dienone is 2. The summed E-state index contributed by atoms with van der Waals surface area (Å²) in [6.45, 7) is 3.73. The van der Waals surface area contributed by atoms with E-state index < -0.39 is 0 Å². The molecule has 0 saturated carbocycles. The van der Waals surface area contributed by atoms with E-state index in [1.807, 2.05) is 30.4 Å². The molecular weight excluding hydrogens is 282 g/mol. The van der Waals surface area contributed by atoms with E-state index in [-0.39, 0.29) is 5.91 Å². The Balaban J connectivity index is 1.57. The number of nitrogens with zero attached hydrogens (tertiary/aromatic N) is 1. The molecule has 0 aliphatic carbocycles. The van der Waals surface area contributed by atoms with Crippen molar-refractivity contribution in [1.82, 2.24) is 4.90 Å². The minimum Gasteiger partial charge on any atom is -0.486 e. The predicted octanol–water partition coefficient (Wildman–Crippen LogP) is 1.89. The topological polar surface area (TPSA) is 48.0 Å². The predicted molar refractivity (Wildman–Crippen MR) is 83.0 cm³/mol. The van der Waals surface area contributed by atoms with Gasteiger partial charge in [-0.1, -0.05) is 24.3 Å². The molecule has 0 unspecified atom stereocenters. The van der Waals surface area contributed by atoms with Gasteiger partial charge >= 0.3 is 0 Å². The Hall–Kier alpha value is -2.27. The molecule has 0 radical (unpaired) electrons. The number of hydrogen-bond donors (Lipinski definition) is 0. The Labute approximate surface area is 129 Å². The minimum atomic E-state index is 0.0233. The second kappa shape index (κ2) is 7.13. The summed E-state index contributed by atoms with van der Waals surface area (Å²) >= 11 is 0. The summed E-state index contributed by atoms with van der Waals surface area (Å²) in [6.07, 6.45) is 7.12. The van der Waals surface area contributed by atoms with Gasteiger partial charge < -0.3 is 19.1 Å². The van der Waals surface area contributed by atoms with E-state index >= 15 is 0 Å². The van der Waals surface area contributed by atoms with E-state index in [9.17, 15) is 4.79 Å². The number of carbonyl (C=O) groups is 1. The van der Waals surface area contributed by atoms with Crippen LogP contribution in [0.2, 0.25) is 0 Å². The van der Waals surface area contributed by atoms with Crippen LogP contribution in [0.5, 0.6) is 11.5 Å². The molecule has 1 aromatic carbocycles. The molecule has 5 heteroatoms. The summed E-state index contributed by atoms with van der Waals surface area (Å²) in [5.41, 5.74) is 1.01. The third-order valence-corrected chi connectivity index (χ3v) is 3.53. The van der Waals surface area contributed by atoms with Crippen molar-refractivity contribution in [2.75, 3.05) is 39.5 Å². The standard InChI is InChI=1S/C17H19NO4/c19-17(18-7-9-20-10-8-18)4-2-1-3-14-5-6-15-16(13-14)22-12-11-21-15/h1-6,13H,7-12H2. The Morgan fingerprint density at radius 1 is 1.00 bits per heavy atom. The highest BCUT2D eigenvalue weighted by molar-refractivity contribution is 5.88. The first kappa shape index (κ1) is 14.7. The fourth-order valence-corrected chi connectivity index (χ4v) is 2.36. The van der Waals surface area contributed by atoms with Gasteiger partial charge in [0.25, 0.3) is 0 Å². The fourth-order valence-electron chi connectivity index (χ4n) is 2.36. The van der Waals surface area contributed by atoms with E-state index in [0.717, 1.165) is 17.1 Å². The van der Waals surface area contributed by atoms with Crippen molar-refractivity contribution in [3.63, 3.8) is 0 Å². The van der Waals surface area contributed by atoms with Crippen LogP contribution < -0.4 is 9.47 Å². The Morgan fingerprint density at radius 2 is 1.77 bits per heavy atom. The average molecular weight is 301 g/mol. The molecule has 0 atom stereocenters. The molecular formula is C17H19NO4. The van der Waals surface area contributed by atoms with Gasteiger partial charge in [0.2, 0.25) is 5.91 Å².